The molecule has 0 aromatic carbocycles. The molecular formula is C24H23N3O2S. The number of rotatable bonds is 3. The fourth-order valence-electron chi connectivity index (χ4n) is 4.17. The first kappa shape index (κ1) is 19.0. The summed E-state index contributed by atoms with van der Waals surface area (Å²) in [4.78, 5) is 24.4. The van der Waals surface area contributed by atoms with E-state index in [1.54, 1.807) is 12.5 Å². The molecular weight excluding hydrogens is 394 g/mol. The lowest BCUT2D eigenvalue weighted by atomic mass is 9.78. The van der Waals surface area contributed by atoms with Gasteiger partial charge in [-0.2, -0.15) is 0 Å². The Labute approximate surface area is 180 Å². The van der Waals surface area contributed by atoms with Gasteiger partial charge >= 0.3 is 0 Å². The molecule has 2 aliphatic carbocycles. The number of hydrogen-bond donors (Lipinski definition) is 0. The molecule has 0 bridgehead atoms. The number of hydrogen-bond acceptors (Lipinski definition) is 6. The lowest BCUT2D eigenvalue weighted by Gasteiger charge is -2.26. The molecule has 0 N–H and O–H groups in total. The first-order chi connectivity index (χ1) is 14.5. The van der Waals surface area contributed by atoms with Gasteiger partial charge in [0, 0.05) is 36.2 Å². The molecule has 1 aliphatic heterocycles. The third-order valence-corrected chi connectivity index (χ3v) is 6.71. The molecule has 30 heavy (non-hydrogen) atoms. The van der Waals surface area contributed by atoms with Crippen molar-refractivity contribution in [3.05, 3.63) is 82.8 Å². The predicted octanol–water partition coefficient (Wildman–Crippen LogP) is 5.65. The van der Waals surface area contributed by atoms with Gasteiger partial charge in [-0.15, -0.1) is 0 Å². The maximum atomic E-state index is 12.6. The number of fused-ring (bicyclic) bond motifs is 1. The molecule has 5 rings (SSSR count). The number of anilines is 1. The lowest BCUT2D eigenvalue weighted by molar-refractivity contribution is 0.0916. The first-order valence-electron chi connectivity index (χ1n) is 10.2. The summed E-state index contributed by atoms with van der Waals surface area (Å²) < 4.78 is 5.91. The summed E-state index contributed by atoms with van der Waals surface area (Å²) in [6, 6.07) is 4.01. The monoisotopic (exact) mass is 417 g/mol. The number of thiazole rings is 1. The Morgan fingerprint density at radius 2 is 2.17 bits per heavy atom. The van der Waals surface area contributed by atoms with Crippen molar-refractivity contribution in [3.63, 3.8) is 0 Å². The molecule has 3 aliphatic rings. The van der Waals surface area contributed by atoms with Crippen LogP contribution in [0.25, 0.3) is 5.57 Å². The van der Waals surface area contributed by atoms with E-state index < -0.39 is 0 Å². The fourth-order valence-corrected chi connectivity index (χ4v) is 5.15. The Balaban J connectivity index is 1.51. The Kier molecular flexibility index (Phi) is 4.66. The molecule has 5 nitrogen and oxygen atoms in total. The number of Topliss-reactive ketones (excluding diaryl/α,β-unsaturated/α-hetero) is 1. The highest BCUT2D eigenvalue weighted by Gasteiger charge is 2.34. The van der Waals surface area contributed by atoms with E-state index in [0.717, 1.165) is 57.4 Å². The van der Waals surface area contributed by atoms with Crippen LogP contribution >= 0.6 is 11.3 Å². The number of carbonyl (C=O) groups excluding carboxylic acids is 1. The fraction of sp³-hybridized carbons (Fsp3) is 0.292. The summed E-state index contributed by atoms with van der Waals surface area (Å²) in [5, 5.41) is 0.804. The lowest BCUT2D eigenvalue weighted by Crippen LogP contribution is -2.26. The van der Waals surface area contributed by atoms with E-state index in [-0.39, 0.29) is 11.2 Å². The van der Waals surface area contributed by atoms with Gasteiger partial charge in [-0.25, -0.2) is 4.98 Å². The van der Waals surface area contributed by atoms with Crippen molar-refractivity contribution in [2.24, 2.45) is 5.41 Å². The van der Waals surface area contributed by atoms with Gasteiger partial charge in [-0.05, 0) is 36.3 Å². The largest absolute Gasteiger partial charge is 0.462 e. The predicted molar refractivity (Wildman–Crippen MR) is 119 cm³/mol. The summed E-state index contributed by atoms with van der Waals surface area (Å²) in [6.07, 6.45) is 16.8. The molecule has 2 aromatic heterocycles. The third kappa shape index (κ3) is 3.52. The number of nitrogens with zero attached hydrogens (tertiary/aromatic N) is 3. The van der Waals surface area contributed by atoms with Gasteiger partial charge in [0.25, 0.3) is 0 Å². The molecule has 0 atom stereocenters. The normalized spacial score (nSPS) is 20.1. The zero-order valence-electron chi connectivity index (χ0n) is 17.1. The van der Waals surface area contributed by atoms with Crippen molar-refractivity contribution < 1.29 is 9.53 Å². The van der Waals surface area contributed by atoms with E-state index in [2.05, 4.69) is 37.0 Å². The second kappa shape index (κ2) is 7.36. The van der Waals surface area contributed by atoms with Gasteiger partial charge in [0.15, 0.2) is 10.9 Å². The number of carbonyl (C=O) groups is 1. The standard InChI is InChI=1S/C24H23N3O2S/c1-24(2)12-19-22(20(28)13-24)30-23(26-19)27-10-11-29-21(15-27)18-8-4-3-7-17(18)16-6-5-9-25-14-16/h3,5-7,9-11,14-15H,4,8,12-13H2,1-2H3. The number of pyridine rings is 1. The highest BCUT2D eigenvalue weighted by Crippen LogP contribution is 2.40. The number of aromatic nitrogens is 2. The first-order valence-corrected chi connectivity index (χ1v) is 11.0. The molecule has 0 amide bonds. The summed E-state index contributed by atoms with van der Waals surface area (Å²) in [5.41, 5.74) is 4.24. The highest BCUT2D eigenvalue weighted by molar-refractivity contribution is 7.17. The Bertz CT molecular complexity index is 1120. The molecule has 6 heteroatoms. The Morgan fingerprint density at radius 3 is 3.00 bits per heavy atom. The smallest absolute Gasteiger partial charge is 0.194 e. The molecule has 152 valence electrons. The van der Waals surface area contributed by atoms with Crippen LogP contribution in [0.4, 0.5) is 5.13 Å². The SMILES string of the molecule is CC1(C)CC(=O)c2sc(N3C=COC(C4=C(c5cccnc5)C=CCC4)=C3)nc2C1. The van der Waals surface area contributed by atoms with Crippen LogP contribution in [0.2, 0.25) is 0 Å². The van der Waals surface area contributed by atoms with Crippen molar-refractivity contribution in [1.82, 2.24) is 9.97 Å². The van der Waals surface area contributed by atoms with E-state index in [1.165, 1.54) is 11.3 Å². The van der Waals surface area contributed by atoms with E-state index >= 15 is 0 Å². The van der Waals surface area contributed by atoms with Gasteiger partial charge in [0.1, 0.15) is 12.0 Å². The van der Waals surface area contributed by atoms with Crippen LogP contribution in [0, 0.1) is 5.41 Å². The van der Waals surface area contributed by atoms with Crippen LogP contribution in [0.3, 0.4) is 0 Å². The summed E-state index contributed by atoms with van der Waals surface area (Å²) >= 11 is 1.47. The van der Waals surface area contributed by atoms with Crippen LogP contribution < -0.4 is 4.90 Å². The van der Waals surface area contributed by atoms with Crippen molar-refractivity contribution >= 4 is 27.8 Å². The van der Waals surface area contributed by atoms with Gasteiger partial charge < -0.3 is 4.74 Å². The Hall–Kier alpha value is -2.99. The minimum absolute atomic E-state index is 0.0326. The molecule has 0 saturated heterocycles. The summed E-state index contributed by atoms with van der Waals surface area (Å²) in [7, 11) is 0. The maximum absolute atomic E-state index is 12.6. The second-order valence-corrected chi connectivity index (χ2v) is 9.57. The molecule has 0 spiro atoms. The van der Waals surface area contributed by atoms with E-state index in [1.807, 2.05) is 29.6 Å². The van der Waals surface area contributed by atoms with Gasteiger partial charge in [0.2, 0.25) is 0 Å². The van der Waals surface area contributed by atoms with E-state index in [4.69, 9.17) is 9.72 Å². The van der Waals surface area contributed by atoms with Crippen LogP contribution in [0.1, 0.15) is 54.0 Å². The number of allylic oxidation sites excluding steroid dienone is 4. The second-order valence-electron chi connectivity index (χ2n) is 8.59. The quantitative estimate of drug-likeness (QED) is 0.646. The zero-order valence-corrected chi connectivity index (χ0v) is 17.9. The zero-order chi connectivity index (χ0) is 20.7. The van der Waals surface area contributed by atoms with Crippen molar-refractivity contribution in [3.8, 4) is 0 Å². The molecule has 0 radical (unpaired) electrons. The van der Waals surface area contributed by atoms with Crippen LogP contribution in [0.15, 0.2) is 66.7 Å². The molecule has 0 saturated carbocycles. The topological polar surface area (TPSA) is 55.3 Å². The highest BCUT2D eigenvalue weighted by atomic mass is 32.1. The van der Waals surface area contributed by atoms with Crippen molar-refractivity contribution in [2.45, 2.75) is 39.5 Å². The van der Waals surface area contributed by atoms with Crippen LogP contribution in [0.5, 0.6) is 0 Å². The van der Waals surface area contributed by atoms with Crippen molar-refractivity contribution in [2.75, 3.05) is 4.90 Å². The molecule has 0 fully saturated rings. The average Bonchev–Trinajstić information content (AvgIpc) is 3.18. The Morgan fingerprint density at radius 1 is 1.27 bits per heavy atom. The minimum Gasteiger partial charge on any atom is -0.462 e. The number of ketones is 1. The number of ether oxygens (including phenoxy) is 1. The van der Waals surface area contributed by atoms with Gasteiger partial charge in [-0.3, -0.25) is 14.7 Å². The van der Waals surface area contributed by atoms with E-state index in [9.17, 15) is 4.79 Å². The van der Waals surface area contributed by atoms with Crippen molar-refractivity contribution in [1.29, 1.82) is 0 Å². The van der Waals surface area contributed by atoms with Crippen LogP contribution in [-0.4, -0.2) is 15.8 Å². The molecule has 2 aromatic rings. The summed E-state index contributed by atoms with van der Waals surface area (Å²) in [5.74, 6) is 1.01. The summed E-state index contributed by atoms with van der Waals surface area (Å²) in [6.45, 7) is 4.26. The van der Waals surface area contributed by atoms with Gasteiger partial charge in [-0.1, -0.05) is 43.4 Å². The van der Waals surface area contributed by atoms with Crippen LogP contribution in [-0.2, 0) is 11.2 Å². The average molecular weight is 418 g/mol. The van der Waals surface area contributed by atoms with Gasteiger partial charge in [0.05, 0.1) is 16.8 Å². The minimum atomic E-state index is -0.0326. The third-order valence-electron chi connectivity index (χ3n) is 5.56. The van der Waals surface area contributed by atoms with E-state index in [0.29, 0.717) is 6.42 Å². The maximum Gasteiger partial charge on any atom is 0.194 e. The molecule has 3 heterocycles. The molecule has 0 unspecified atom stereocenters.